The zero-order chi connectivity index (χ0) is 20.4. The summed E-state index contributed by atoms with van der Waals surface area (Å²) in [4.78, 5) is 26.4. The number of ether oxygens (including phenoxy) is 1. The van der Waals surface area contributed by atoms with Gasteiger partial charge in [0.25, 0.3) is 11.5 Å². The maximum atomic E-state index is 13.2. The smallest absolute Gasteiger partial charge is 0.262 e. The van der Waals surface area contributed by atoms with E-state index in [1.165, 1.54) is 11.0 Å². The van der Waals surface area contributed by atoms with Crippen LogP contribution in [0, 0.1) is 5.92 Å². The minimum atomic E-state index is -0.156. The molecule has 1 saturated carbocycles. The van der Waals surface area contributed by atoms with Gasteiger partial charge in [0.05, 0.1) is 18.4 Å². The third-order valence-corrected chi connectivity index (χ3v) is 5.93. The first-order valence-electron chi connectivity index (χ1n) is 10.2. The largest absolute Gasteiger partial charge is 0.497 e. The Hall–Kier alpha value is -3.08. The van der Waals surface area contributed by atoms with Crippen LogP contribution in [0.25, 0.3) is 16.5 Å². The Labute approximate surface area is 170 Å². The molecule has 1 aliphatic rings. The van der Waals surface area contributed by atoms with E-state index < -0.39 is 0 Å². The molecule has 1 fully saturated rings. The fourth-order valence-electron chi connectivity index (χ4n) is 4.20. The number of hydrogen-bond donors (Lipinski definition) is 1. The lowest BCUT2D eigenvalue weighted by molar-refractivity contribution is 0.0911. The van der Waals surface area contributed by atoms with Crippen LogP contribution in [0.5, 0.6) is 5.75 Å². The summed E-state index contributed by atoms with van der Waals surface area (Å²) < 4.78 is 6.83. The first-order chi connectivity index (χ1) is 14.1. The van der Waals surface area contributed by atoms with Crippen LogP contribution in [0.15, 0.2) is 59.5 Å². The van der Waals surface area contributed by atoms with Gasteiger partial charge < -0.3 is 10.1 Å². The number of pyridine rings is 1. The average Bonchev–Trinajstić information content (AvgIpc) is 2.76. The van der Waals surface area contributed by atoms with Crippen LogP contribution >= 0.6 is 0 Å². The molecule has 0 unspecified atom stereocenters. The van der Waals surface area contributed by atoms with Gasteiger partial charge in [-0.2, -0.15) is 0 Å². The van der Waals surface area contributed by atoms with Crippen LogP contribution in [0.2, 0.25) is 0 Å². The first kappa shape index (κ1) is 19.2. The van der Waals surface area contributed by atoms with Crippen LogP contribution in [-0.4, -0.2) is 23.6 Å². The zero-order valence-corrected chi connectivity index (χ0v) is 16.9. The fourth-order valence-corrected chi connectivity index (χ4v) is 4.20. The molecule has 0 bridgehead atoms. The van der Waals surface area contributed by atoms with Crippen LogP contribution in [0.1, 0.15) is 43.0 Å². The molecule has 4 rings (SSSR count). The van der Waals surface area contributed by atoms with E-state index in [0.717, 1.165) is 19.3 Å². The number of methoxy groups -OCH3 is 1. The van der Waals surface area contributed by atoms with E-state index in [0.29, 0.717) is 33.7 Å². The third kappa shape index (κ3) is 3.77. The number of nitrogens with zero attached hydrogens (tertiary/aromatic N) is 1. The van der Waals surface area contributed by atoms with E-state index in [1.54, 1.807) is 25.4 Å². The van der Waals surface area contributed by atoms with E-state index in [1.807, 2.05) is 36.4 Å². The summed E-state index contributed by atoms with van der Waals surface area (Å²) in [6, 6.07) is 14.8. The monoisotopic (exact) mass is 390 g/mol. The lowest BCUT2D eigenvalue weighted by Crippen LogP contribution is -2.41. The molecular weight excluding hydrogens is 364 g/mol. The molecule has 0 saturated heterocycles. The zero-order valence-electron chi connectivity index (χ0n) is 16.9. The number of nitrogens with one attached hydrogen (secondary N) is 1. The fraction of sp³-hybridized carbons (Fsp3) is 0.333. The predicted molar refractivity (Wildman–Crippen MR) is 115 cm³/mol. The van der Waals surface area contributed by atoms with Crippen LogP contribution in [0.3, 0.4) is 0 Å². The van der Waals surface area contributed by atoms with Crippen molar-refractivity contribution < 1.29 is 9.53 Å². The maximum absolute atomic E-state index is 13.2. The first-order valence-corrected chi connectivity index (χ1v) is 10.2. The van der Waals surface area contributed by atoms with Crippen molar-refractivity contribution in [3.8, 4) is 11.4 Å². The summed E-state index contributed by atoms with van der Waals surface area (Å²) in [5.74, 6) is 0.990. The highest BCUT2D eigenvalue weighted by Gasteiger charge is 2.24. The van der Waals surface area contributed by atoms with Crippen molar-refractivity contribution in [1.29, 1.82) is 0 Å². The number of carbonyl (C=O) groups excluding carboxylic acids is 1. The minimum Gasteiger partial charge on any atom is -0.497 e. The van der Waals surface area contributed by atoms with Gasteiger partial charge in [-0.3, -0.25) is 14.2 Å². The topological polar surface area (TPSA) is 60.3 Å². The highest BCUT2D eigenvalue weighted by Crippen LogP contribution is 2.25. The molecule has 0 spiro atoms. The van der Waals surface area contributed by atoms with Crippen molar-refractivity contribution in [2.75, 3.05) is 7.11 Å². The quantitative estimate of drug-likeness (QED) is 0.722. The Morgan fingerprint density at radius 3 is 2.59 bits per heavy atom. The highest BCUT2D eigenvalue weighted by molar-refractivity contribution is 6.06. The molecule has 3 aromatic rings. The van der Waals surface area contributed by atoms with Gasteiger partial charge in [0.2, 0.25) is 0 Å². The van der Waals surface area contributed by atoms with Gasteiger partial charge in [-0.05, 0) is 37.0 Å². The summed E-state index contributed by atoms with van der Waals surface area (Å²) in [7, 11) is 1.59. The van der Waals surface area contributed by atoms with Gasteiger partial charge in [-0.15, -0.1) is 0 Å². The minimum absolute atomic E-state index is 0.128. The maximum Gasteiger partial charge on any atom is 0.262 e. The highest BCUT2D eigenvalue weighted by atomic mass is 16.5. The van der Waals surface area contributed by atoms with Crippen LogP contribution in [0.4, 0.5) is 0 Å². The van der Waals surface area contributed by atoms with Crippen molar-refractivity contribution in [3.05, 3.63) is 70.6 Å². The number of carbonyl (C=O) groups is 1. The van der Waals surface area contributed by atoms with E-state index in [-0.39, 0.29) is 17.5 Å². The average molecular weight is 390 g/mol. The van der Waals surface area contributed by atoms with Gasteiger partial charge in [0.1, 0.15) is 5.75 Å². The molecular formula is C24H26N2O3. The Kier molecular flexibility index (Phi) is 5.38. The molecule has 2 aromatic carbocycles. The number of rotatable bonds is 4. The molecule has 2 atom stereocenters. The van der Waals surface area contributed by atoms with Gasteiger partial charge in [0, 0.05) is 29.1 Å². The van der Waals surface area contributed by atoms with Gasteiger partial charge in [-0.25, -0.2) is 0 Å². The summed E-state index contributed by atoms with van der Waals surface area (Å²) in [5.41, 5.74) is 1.03. The predicted octanol–water partition coefficient (Wildman–Crippen LogP) is 4.31. The van der Waals surface area contributed by atoms with Crippen molar-refractivity contribution in [2.24, 2.45) is 5.92 Å². The van der Waals surface area contributed by atoms with E-state index in [2.05, 4.69) is 12.2 Å². The number of aromatic nitrogens is 1. The van der Waals surface area contributed by atoms with Crippen molar-refractivity contribution in [3.63, 3.8) is 0 Å². The molecule has 1 amide bonds. The van der Waals surface area contributed by atoms with E-state index >= 15 is 0 Å². The molecule has 1 aromatic heterocycles. The number of amides is 1. The molecule has 0 aliphatic heterocycles. The lowest BCUT2D eigenvalue weighted by atomic mass is 9.86. The molecule has 29 heavy (non-hydrogen) atoms. The van der Waals surface area contributed by atoms with Crippen molar-refractivity contribution in [2.45, 2.75) is 38.6 Å². The summed E-state index contributed by atoms with van der Waals surface area (Å²) in [6.07, 6.45) is 6.15. The normalized spacial score (nSPS) is 19.1. The molecule has 1 heterocycles. The lowest BCUT2D eigenvalue weighted by Gasteiger charge is -2.29. The third-order valence-electron chi connectivity index (χ3n) is 5.93. The van der Waals surface area contributed by atoms with Gasteiger partial charge in [0.15, 0.2) is 0 Å². The summed E-state index contributed by atoms with van der Waals surface area (Å²) in [5, 5.41) is 4.42. The Balaban J connectivity index is 1.81. The number of hydrogen-bond acceptors (Lipinski definition) is 3. The Morgan fingerprint density at radius 1 is 1.07 bits per heavy atom. The van der Waals surface area contributed by atoms with E-state index in [4.69, 9.17) is 4.74 Å². The molecule has 0 radical (unpaired) electrons. The van der Waals surface area contributed by atoms with Crippen molar-refractivity contribution >= 4 is 16.7 Å². The van der Waals surface area contributed by atoms with E-state index in [9.17, 15) is 9.59 Å². The summed E-state index contributed by atoms with van der Waals surface area (Å²) in [6.45, 7) is 2.19. The standard InChI is InChI=1S/C24H26N2O3/c1-16-8-3-6-13-22(16)25-23(27)21-15-26(17-9-7-10-18(14-17)29-2)24(28)20-12-5-4-11-19(20)21/h4-5,7,9-12,14-16,22H,3,6,8,13H2,1-2H3,(H,25,27)/t16-,22+/m0/s1. The van der Waals surface area contributed by atoms with Crippen LogP contribution < -0.4 is 15.6 Å². The molecule has 1 N–H and O–H groups in total. The molecule has 5 nitrogen and oxygen atoms in total. The van der Waals surface area contributed by atoms with Gasteiger partial charge in [-0.1, -0.05) is 44.0 Å². The van der Waals surface area contributed by atoms with Crippen LogP contribution in [-0.2, 0) is 0 Å². The number of benzene rings is 2. The molecule has 5 heteroatoms. The molecule has 1 aliphatic carbocycles. The Morgan fingerprint density at radius 2 is 1.83 bits per heavy atom. The van der Waals surface area contributed by atoms with Crippen molar-refractivity contribution in [1.82, 2.24) is 9.88 Å². The second-order valence-corrected chi connectivity index (χ2v) is 7.81. The Bertz CT molecular complexity index is 1100. The SMILES string of the molecule is COc1cccc(-n2cc(C(=O)N[C@@H]3CCCC[C@@H]3C)c3ccccc3c2=O)c1. The number of fused-ring (bicyclic) bond motifs is 1. The second-order valence-electron chi connectivity index (χ2n) is 7.81. The molecule has 150 valence electrons. The van der Waals surface area contributed by atoms with Gasteiger partial charge >= 0.3 is 0 Å². The summed E-state index contributed by atoms with van der Waals surface area (Å²) >= 11 is 0. The second kappa shape index (κ2) is 8.11.